The first-order chi connectivity index (χ1) is 12.5. The number of nitrogens with zero attached hydrogens (tertiary/aromatic N) is 1. The van der Waals surface area contributed by atoms with Gasteiger partial charge in [0.2, 0.25) is 0 Å². The molecule has 0 radical (unpaired) electrons. The molecule has 1 aromatic carbocycles. The van der Waals surface area contributed by atoms with E-state index >= 15 is 0 Å². The smallest absolute Gasteiger partial charge is 0.199 e. The van der Waals surface area contributed by atoms with Crippen molar-refractivity contribution in [2.24, 2.45) is 0 Å². The van der Waals surface area contributed by atoms with Crippen LogP contribution in [0.15, 0.2) is 36.4 Å². The van der Waals surface area contributed by atoms with E-state index < -0.39 is 15.1 Å². The summed E-state index contributed by atoms with van der Waals surface area (Å²) in [7, 11) is -3.39. The highest BCUT2D eigenvalue weighted by Crippen LogP contribution is 2.42. The molecule has 26 heavy (non-hydrogen) atoms. The van der Waals surface area contributed by atoms with E-state index in [1.807, 2.05) is 24.3 Å². The second-order valence-electron chi connectivity index (χ2n) is 7.13. The highest BCUT2D eigenvalue weighted by molar-refractivity contribution is 7.92. The number of rotatable bonds is 4. The van der Waals surface area contributed by atoms with E-state index in [9.17, 15) is 13.2 Å². The summed E-state index contributed by atoms with van der Waals surface area (Å²) in [5.41, 5.74) is 2.69. The van der Waals surface area contributed by atoms with Crippen molar-refractivity contribution in [3.8, 4) is 11.3 Å². The number of aromatic nitrogens is 1. The Kier molecular flexibility index (Phi) is 4.61. The fourth-order valence-electron chi connectivity index (χ4n) is 3.60. The lowest BCUT2D eigenvalue weighted by Gasteiger charge is -2.22. The highest BCUT2D eigenvalue weighted by atomic mass is 35.5. The van der Waals surface area contributed by atoms with Crippen molar-refractivity contribution in [3.63, 3.8) is 0 Å². The second kappa shape index (κ2) is 6.78. The molecular formula is C20H20ClNO3S. The van der Waals surface area contributed by atoms with Crippen LogP contribution in [-0.4, -0.2) is 30.2 Å². The normalized spacial score (nSPS) is 22.1. The number of pyridine rings is 1. The molecule has 1 unspecified atom stereocenters. The minimum absolute atomic E-state index is 0.0934. The third kappa shape index (κ3) is 3.42. The number of sulfone groups is 1. The molecule has 1 aliphatic carbocycles. The number of Topliss-reactive ketones (excluding diaryl/α,β-unsaturated/α-hetero) is 1. The molecule has 1 atom stereocenters. The number of carbonyl (C=O) groups excluding carboxylic acids is 1. The first-order valence-electron chi connectivity index (χ1n) is 8.98. The fraction of sp³-hybridized carbons (Fsp3) is 0.400. The summed E-state index contributed by atoms with van der Waals surface area (Å²) in [6.45, 7) is 0. The van der Waals surface area contributed by atoms with E-state index in [-0.39, 0.29) is 11.5 Å². The lowest BCUT2D eigenvalue weighted by Crippen LogP contribution is -2.36. The molecule has 0 N–H and O–H groups in total. The largest absolute Gasteiger partial charge is 0.291 e. The highest BCUT2D eigenvalue weighted by Gasteiger charge is 2.39. The molecule has 4 rings (SSSR count). The van der Waals surface area contributed by atoms with Crippen molar-refractivity contribution >= 4 is 27.2 Å². The molecule has 1 aromatic heterocycles. The molecule has 0 bridgehead atoms. The minimum Gasteiger partial charge on any atom is -0.291 e. The van der Waals surface area contributed by atoms with Crippen LogP contribution >= 0.6 is 11.6 Å². The predicted molar refractivity (Wildman–Crippen MR) is 102 cm³/mol. The van der Waals surface area contributed by atoms with E-state index in [1.54, 1.807) is 12.1 Å². The summed E-state index contributed by atoms with van der Waals surface area (Å²) < 4.78 is 24.9. The zero-order valence-electron chi connectivity index (χ0n) is 14.3. The maximum absolute atomic E-state index is 13.2. The zero-order valence-corrected chi connectivity index (χ0v) is 15.9. The molecule has 1 aliphatic heterocycles. The van der Waals surface area contributed by atoms with Crippen molar-refractivity contribution in [3.05, 3.63) is 52.7 Å². The number of benzene rings is 1. The van der Waals surface area contributed by atoms with Crippen LogP contribution in [-0.2, 0) is 9.84 Å². The molecule has 2 aliphatic rings. The van der Waals surface area contributed by atoms with Gasteiger partial charge in [0.15, 0.2) is 15.6 Å². The van der Waals surface area contributed by atoms with E-state index in [4.69, 9.17) is 11.6 Å². The lowest BCUT2D eigenvalue weighted by atomic mass is 9.99. The first-order valence-corrected chi connectivity index (χ1v) is 11.1. The molecule has 0 spiro atoms. The van der Waals surface area contributed by atoms with Crippen LogP contribution in [0.5, 0.6) is 0 Å². The molecule has 6 heteroatoms. The lowest BCUT2D eigenvalue weighted by molar-refractivity contribution is 0.0975. The van der Waals surface area contributed by atoms with Crippen molar-refractivity contribution in [1.82, 2.24) is 4.98 Å². The second-order valence-corrected chi connectivity index (χ2v) is 9.87. The molecule has 2 fully saturated rings. The quantitative estimate of drug-likeness (QED) is 0.725. The first kappa shape index (κ1) is 17.7. The Labute approximate surface area is 158 Å². The van der Waals surface area contributed by atoms with Crippen LogP contribution in [0.3, 0.4) is 0 Å². The van der Waals surface area contributed by atoms with Gasteiger partial charge in [-0.2, -0.15) is 0 Å². The number of ketones is 1. The number of carbonyl (C=O) groups is 1. The predicted octanol–water partition coefficient (Wildman–Crippen LogP) is 4.43. The standard InChI is InChI=1S/C20H20ClNO3S/c21-15-5-3-4-14(12-15)17-10-9-16(13-7-8-13)19(22-17)20(23)18-6-1-2-11-26(18,24)25/h3-5,9-10,12-13,18H,1-2,6-8,11H2. The van der Waals surface area contributed by atoms with Gasteiger partial charge in [0.1, 0.15) is 10.9 Å². The molecule has 0 amide bonds. The van der Waals surface area contributed by atoms with Crippen molar-refractivity contribution < 1.29 is 13.2 Å². The van der Waals surface area contributed by atoms with Crippen LogP contribution < -0.4 is 0 Å². The maximum atomic E-state index is 13.2. The Balaban J connectivity index is 1.78. The van der Waals surface area contributed by atoms with Crippen LogP contribution in [0.2, 0.25) is 5.02 Å². The van der Waals surface area contributed by atoms with Gasteiger partial charge < -0.3 is 0 Å². The van der Waals surface area contributed by atoms with E-state index in [2.05, 4.69) is 4.98 Å². The monoisotopic (exact) mass is 389 g/mol. The third-order valence-electron chi connectivity index (χ3n) is 5.17. The van der Waals surface area contributed by atoms with Crippen molar-refractivity contribution in [2.45, 2.75) is 43.3 Å². The topological polar surface area (TPSA) is 64.1 Å². The van der Waals surface area contributed by atoms with Crippen molar-refractivity contribution in [1.29, 1.82) is 0 Å². The molecule has 4 nitrogen and oxygen atoms in total. The van der Waals surface area contributed by atoms with E-state index in [0.29, 0.717) is 35.2 Å². The van der Waals surface area contributed by atoms with E-state index in [1.165, 1.54) is 0 Å². The van der Waals surface area contributed by atoms with Gasteiger partial charge in [0.05, 0.1) is 11.4 Å². The zero-order chi connectivity index (χ0) is 18.3. The van der Waals surface area contributed by atoms with Gasteiger partial charge in [-0.1, -0.05) is 36.2 Å². The Bertz CT molecular complexity index is 967. The van der Waals surface area contributed by atoms with Gasteiger partial charge in [0.25, 0.3) is 0 Å². The van der Waals surface area contributed by atoms with Gasteiger partial charge in [0, 0.05) is 10.6 Å². The number of hydrogen-bond donors (Lipinski definition) is 0. The van der Waals surface area contributed by atoms with Gasteiger partial charge >= 0.3 is 0 Å². The van der Waals surface area contributed by atoms with Crippen LogP contribution in [0.1, 0.15) is 54.1 Å². The van der Waals surface area contributed by atoms with Gasteiger partial charge in [-0.15, -0.1) is 0 Å². The average molecular weight is 390 g/mol. The molecule has 2 heterocycles. The summed E-state index contributed by atoms with van der Waals surface area (Å²) in [4.78, 5) is 17.8. The van der Waals surface area contributed by atoms with Gasteiger partial charge in [-0.25, -0.2) is 13.4 Å². The van der Waals surface area contributed by atoms with Crippen LogP contribution in [0, 0.1) is 0 Å². The maximum Gasteiger partial charge on any atom is 0.199 e. The Morgan fingerprint density at radius 2 is 1.88 bits per heavy atom. The molecular weight excluding hydrogens is 370 g/mol. The SMILES string of the molecule is O=C(c1nc(-c2cccc(Cl)c2)ccc1C1CC1)C1CCCCS1(=O)=O. The Morgan fingerprint density at radius 3 is 2.58 bits per heavy atom. The summed E-state index contributed by atoms with van der Waals surface area (Å²) in [6, 6.07) is 11.1. The summed E-state index contributed by atoms with van der Waals surface area (Å²) in [5, 5.41) is -0.353. The summed E-state index contributed by atoms with van der Waals surface area (Å²) >= 11 is 6.07. The number of hydrogen-bond acceptors (Lipinski definition) is 4. The van der Waals surface area contributed by atoms with E-state index in [0.717, 1.165) is 30.4 Å². The number of halogens is 1. The minimum atomic E-state index is -3.39. The van der Waals surface area contributed by atoms with Gasteiger partial charge in [-0.05, 0) is 55.4 Å². The van der Waals surface area contributed by atoms with Crippen molar-refractivity contribution in [2.75, 3.05) is 5.75 Å². The Hall–Kier alpha value is -1.72. The fourth-order valence-corrected chi connectivity index (χ4v) is 5.65. The molecule has 2 aromatic rings. The summed E-state index contributed by atoms with van der Waals surface area (Å²) in [5.74, 6) is 0.0764. The average Bonchev–Trinajstić information content (AvgIpc) is 3.45. The Morgan fingerprint density at radius 1 is 1.08 bits per heavy atom. The van der Waals surface area contributed by atoms with Gasteiger partial charge in [-0.3, -0.25) is 4.79 Å². The molecule has 1 saturated carbocycles. The van der Waals surface area contributed by atoms with Crippen LogP contribution in [0.25, 0.3) is 11.3 Å². The molecule has 136 valence electrons. The summed E-state index contributed by atoms with van der Waals surface area (Å²) in [6.07, 6.45) is 3.85. The third-order valence-corrected chi connectivity index (χ3v) is 7.58. The van der Waals surface area contributed by atoms with Crippen LogP contribution in [0.4, 0.5) is 0 Å². The molecule has 1 saturated heterocycles.